The first-order chi connectivity index (χ1) is 7.33. The molecule has 1 aliphatic carbocycles. The lowest BCUT2D eigenvalue weighted by Crippen LogP contribution is -1.94. The van der Waals surface area contributed by atoms with Crippen LogP contribution in [-0.4, -0.2) is 12.4 Å². The molecule has 0 aromatic heterocycles. The van der Waals surface area contributed by atoms with Crippen LogP contribution in [0.1, 0.15) is 36.3 Å². The Labute approximate surface area is 89.2 Å². The number of ether oxygens (including phenoxy) is 1. The summed E-state index contributed by atoms with van der Waals surface area (Å²) in [6.07, 6.45) is 3.54. The Balaban J connectivity index is 1.89. The Bertz CT molecular complexity index is 409. The summed E-state index contributed by atoms with van der Waals surface area (Å²) in [6, 6.07) is 6.40. The summed E-state index contributed by atoms with van der Waals surface area (Å²) in [6.45, 7) is 0.808. The third kappa shape index (κ3) is 1.54. The third-order valence-electron chi connectivity index (χ3n) is 3.43. The van der Waals surface area contributed by atoms with Crippen LogP contribution in [0.4, 0.5) is 0 Å². The molecule has 0 amide bonds. The third-order valence-corrected chi connectivity index (χ3v) is 3.43. The van der Waals surface area contributed by atoms with Crippen molar-refractivity contribution in [2.24, 2.45) is 0 Å². The molecular weight excluding hydrogens is 188 g/mol. The molecule has 0 spiro atoms. The fourth-order valence-electron chi connectivity index (χ4n) is 2.56. The van der Waals surface area contributed by atoms with E-state index in [0.29, 0.717) is 11.7 Å². The molecule has 3 rings (SSSR count). The van der Waals surface area contributed by atoms with E-state index in [9.17, 15) is 4.79 Å². The summed E-state index contributed by atoms with van der Waals surface area (Å²) in [4.78, 5) is 11.2. The maximum absolute atomic E-state index is 11.2. The maximum atomic E-state index is 11.2. The molecule has 0 radical (unpaired) electrons. The fraction of sp³-hybridized carbons (Fsp3) is 0.462. The fourth-order valence-corrected chi connectivity index (χ4v) is 2.56. The van der Waals surface area contributed by atoms with Gasteiger partial charge in [0.1, 0.15) is 11.5 Å². The summed E-state index contributed by atoms with van der Waals surface area (Å²) in [7, 11) is 0. The van der Waals surface area contributed by atoms with Crippen LogP contribution in [-0.2, 0) is 11.2 Å². The van der Waals surface area contributed by atoms with E-state index < -0.39 is 0 Å². The largest absolute Gasteiger partial charge is 0.493 e. The highest BCUT2D eigenvalue weighted by molar-refractivity contribution is 5.81. The number of hydrogen-bond donors (Lipinski definition) is 0. The van der Waals surface area contributed by atoms with Gasteiger partial charge in [-0.2, -0.15) is 0 Å². The van der Waals surface area contributed by atoms with Crippen molar-refractivity contribution < 1.29 is 9.53 Å². The molecule has 2 heteroatoms. The first-order valence-corrected chi connectivity index (χ1v) is 5.60. The Morgan fingerprint density at radius 3 is 3.00 bits per heavy atom. The van der Waals surface area contributed by atoms with E-state index in [2.05, 4.69) is 18.2 Å². The Hall–Kier alpha value is -1.31. The average Bonchev–Trinajstić information content (AvgIpc) is 2.84. The van der Waals surface area contributed by atoms with Crippen molar-refractivity contribution in [2.45, 2.75) is 31.6 Å². The lowest BCUT2D eigenvalue weighted by Gasteiger charge is -2.09. The van der Waals surface area contributed by atoms with Gasteiger partial charge in [-0.3, -0.25) is 4.79 Å². The second-order valence-corrected chi connectivity index (χ2v) is 4.44. The Kier molecular flexibility index (Phi) is 2.01. The molecule has 1 saturated carbocycles. The molecule has 0 bridgehead atoms. The van der Waals surface area contributed by atoms with Gasteiger partial charge in [0.2, 0.25) is 0 Å². The van der Waals surface area contributed by atoms with Gasteiger partial charge in [0.25, 0.3) is 0 Å². The molecule has 1 atom stereocenters. The second kappa shape index (κ2) is 3.37. The van der Waals surface area contributed by atoms with E-state index >= 15 is 0 Å². The van der Waals surface area contributed by atoms with Gasteiger partial charge < -0.3 is 4.74 Å². The van der Waals surface area contributed by atoms with Gasteiger partial charge in [-0.1, -0.05) is 12.1 Å². The van der Waals surface area contributed by atoms with Crippen LogP contribution >= 0.6 is 0 Å². The average molecular weight is 202 g/mol. The van der Waals surface area contributed by atoms with Crippen LogP contribution in [0, 0.1) is 0 Å². The molecule has 1 fully saturated rings. The number of hydrogen-bond acceptors (Lipinski definition) is 2. The zero-order valence-corrected chi connectivity index (χ0v) is 8.66. The quantitative estimate of drug-likeness (QED) is 0.699. The normalized spacial score (nSPS) is 24.0. The molecule has 1 aliphatic heterocycles. The summed E-state index contributed by atoms with van der Waals surface area (Å²) in [5, 5.41) is 0. The van der Waals surface area contributed by atoms with Crippen molar-refractivity contribution in [2.75, 3.05) is 6.61 Å². The molecule has 0 N–H and O–H groups in total. The lowest BCUT2D eigenvalue weighted by atomic mass is 9.95. The molecule has 0 saturated heterocycles. The van der Waals surface area contributed by atoms with Gasteiger partial charge in [0.15, 0.2) is 0 Å². The number of Topliss-reactive ketones (excluding diaryl/α,β-unsaturated/α-hetero) is 1. The topological polar surface area (TPSA) is 26.3 Å². The minimum Gasteiger partial charge on any atom is -0.493 e. The highest BCUT2D eigenvalue weighted by atomic mass is 16.5. The van der Waals surface area contributed by atoms with Crippen LogP contribution in [0.5, 0.6) is 5.75 Å². The molecule has 1 heterocycles. The number of benzene rings is 1. The SMILES string of the molecule is O=C1CCC(c2ccc3c(c2)CCO3)C1. The molecular formula is C13H14O2. The monoisotopic (exact) mass is 202 g/mol. The van der Waals surface area contributed by atoms with E-state index in [1.807, 2.05) is 0 Å². The van der Waals surface area contributed by atoms with Crippen molar-refractivity contribution in [3.8, 4) is 5.75 Å². The van der Waals surface area contributed by atoms with E-state index in [-0.39, 0.29) is 0 Å². The van der Waals surface area contributed by atoms with Gasteiger partial charge in [-0.15, -0.1) is 0 Å². The van der Waals surface area contributed by atoms with Gasteiger partial charge in [-0.05, 0) is 29.5 Å². The second-order valence-electron chi connectivity index (χ2n) is 4.44. The van der Waals surface area contributed by atoms with Gasteiger partial charge in [0, 0.05) is 19.3 Å². The first kappa shape index (κ1) is 8.96. The number of rotatable bonds is 1. The minimum absolute atomic E-state index is 0.414. The Morgan fingerprint density at radius 1 is 1.27 bits per heavy atom. The molecule has 2 aliphatic rings. The maximum Gasteiger partial charge on any atom is 0.133 e. The minimum atomic E-state index is 0.414. The smallest absolute Gasteiger partial charge is 0.133 e. The molecule has 1 aromatic rings. The van der Waals surface area contributed by atoms with Crippen LogP contribution in [0.25, 0.3) is 0 Å². The summed E-state index contributed by atoms with van der Waals surface area (Å²) in [5.74, 6) is 1.91. The van der Waals surface area contributed by atoms with Gasteiger partial charge in [-0.25, -0.2) is 0 Å². The molecule has 1 aromatic carbocycles. The Morgan fingerprint density at radius 2 is 2.20 bits per heavy atom. The predicted octanol–water partition coefficient (Wildman–Crippen LogP) is 2.46. The zero-order valence-electron chi connectivity index (χ0n) is 8.66. The molecule has 78 valence electrons. The van der Waals surface area contributed by atoms with Gasteiger partial charge in [0.05, 0.1) is 6.61 Å². The predicted molar refractivity (Wildman–Crippen MR) is 57.2 cm³/mol. The van der Waals surface area contributed by atoms with Gasteiger partial charge >= 0.3 is 0 Å². The molecule has 2 nitrogen and oxygen atoms in total. The lowest BCUT2D eigenvalue weighted by molar-refractivity contribution is -0.117. The van der Waals surface area contributed by atoms with Crippen molar-refractivity contribution in [3.63, 3.8) is 0 Å². The highest BCUT2D eigenvalue weighted by Gasteiger charge is 2.24. The molecule has 1 unspecified atom stereocenters. The number of carbonyl (C=O) groups is 1. The van der Waals surface area contributed by atoms with Crippen molar-refractivity contribution >= 4 is 5.78 Å². The van der Waals surface area contributed by atoms with Crippen LogP contribution in [0.3, 0.4) is 0 Å². The van der Waals surface area contributed by atoms with Crippen LogP contribution in [0.2, 0.25) is 0 Å². The summed E-state index contributed by atoms with van der Waals surface area (Å²) < 4.78 is 5.47. The van der Waals surface area contributed by atoms with E-state index in [4.69, 9.17) is 4.74 Å². The summed E-state index contributed by atoms with van der Waals surface area (Å²) >= 11 is 0. The van der Waals surface area contributed by atoms with Crippen molar-refractivity contribution in [3.05, 3.63) is 29.3 Å². The van der Waals surface area contributed by atoms with E-state index in [0.717, 1.165) is 38.0 Å². The number of fused-ring (bicyclic) bond motifs is 1. The zero-order chi connectivity index (χ0) is 10.3. The summed E-state index contributed by atoms with van der Waals surface area (Å²) in [5.41, 5.74) is 2.64. The van der Waals surface area contributed by atoms with Crippen molar-refractivity contribution in [1.82, 2.24) is 0 Å². The van der Waals surface area contributed by atoms with Crippen LogP contribution in [0.15, 0.2) is 18.2 Å². The first-order valence-electron chi connectivity index (χ1n) is 5.60. The van der Waals surface area contributed by atoms with E-state index in [1.165, 1.54) is 11.1 Å². The van der Waals surface area contributed by atoms with Crippen molar-refractivity contribution in [1.29, 1.82) is 0 Å². The highest BCUT2D eigenvalue weighted by Crippen LogP contribution is 2.35. The van der Waals surface area contributed by atoms with Crippen LogP contribution < -0.4 is 4.74 Å². The molecule has 15 heavy (non-hydrogen) atoms. The van der Waals surface area contributed by atoms with E-state index in [1.54, 1.807) is 0 Å². The number of carbonyl (C=O) groups excluding carboxylic acids is 1. The standard InChI is InChI=1S/C13H14O2/c14-12-3-1-10(8-12)9-2-4-13-11(7-9)5-6-15-13/h2,4,7,10H,1,3,5-6,8H2. The number of ketones is 1.